The third-order valence-electron chi connectivity index (χ3n) is 4.46. The Kier molecular flexibility index (Phi) is 12.8. The molecule has 4 nitrogen and oxygen atoms in total. The number of carbonyl (C=O) groups excluding carboxylic acids is 1. The molecule has 1 amide bonds. The molecule has 0 aromatic rings. The average Bonchev–Trinajstić information content (AvgIpc) is 2.36. The molecule has 0 saturated heterocycles. The molecule has 0 heterocycles. The Hall–Kier alpha value is -0.0300. The van der Waals surface area contributed by atoms with Gasteiger partial charge in [-0.05, 0) is 52.9 Å². The Morgan fingerprint density at radius 3 is 2.52 bits per heavy atom. The van der Waals surface area contributed by atoms with Crippen molar-refractivity contribution in [1.29, 1.82) is 0 Å². The highest BCUT2D eigenvalue weighted by molar-refractivity contribution is 5.85. The van der Waals surface area contributed by atoms with E-state index in [0.717, 1.165) is 25.4 Å². The number of amides is 1. The molecule has 0 aliphatic heterocycles. The predicted octanol–water partition coefficient (Wildman–Crippen LogP) is 2.46. The first-order valence-corrected chi connectivity index (χ1v) is 7.59. The van der Waals surface area contributed by atoms with Gasteiger partial charge >= 0.3 is 0 Å². The second-order valence-corrected chi connectivity index (χ2v) is 6.30. The molecule has 0 spiro atoms. The lowest BCUT2D eigenvalue weighted by atomic mass is 9.75. The van der Waals surface area contributed by atoms with Crippen molar-refractivity contribution >= 4 is 30.7 Å². The Morgan fingerprint density at radius 1 is 1.33 bits per heavy atom. The van der Waals surface area contributed by atoms with E-state index in [-0.39, 0.29) is 36.3 Å². The summed E-state index contributed by atoms with van der Waals surface area (Å²) in [7, 11) is 6.21. The summed E-state index contributed by atoms with van der Waals surface area (Å²) in [6, 6.07) is 0. The summed E-state index contributed by atoms with van der Waals surface area (Å²) in [5.74, 6) is 0.951. The van der Waals surface area contributed by atoms with Crippen LogP contribution in [0, 0.1) is 5.92 Å². The molecule has 0 aromatic carbocycles. The maximum absolute atomic E-state index is 11.8. The predicted molar refractivity (Wildman–Crippen MR) is 94.7 cm³/mol. The Morgan fingerprint density at radius 2 is 2.00 bits per heavy atom. The van der Waals surface area contributed by atoms with E-state index >= 15 is 0 Å². The topological polar surface area (TPSA) is 44.4 Å². The normalized spacial score (nSPS) is 24.9. The summed E-state index contributed by atoms with van der Waals surface area (Å²) in [6.45, 7) is 4.03. The summed E-state index contributed by atoms with van der Waals surface area (Å²) in [6.07, 6.45) is 6.52. The molecule has 2 unspecified atom stereocenters. The highest BCUT2D eigenvalue weighted by Crippen LogP contribution is 2.35. The monoisotopic (exact) mass is 341 g/mol. The molecular formula is C15H33Cl2N3O. The number of nitrogens with zero attached hydrogens (tertiary/aromatic N) is 1. The smallest absolute Gasteiger partial charge is 0.220 e. The highest BCUT2D eigenvalue weighted by atomic mass is 35.5. The largest absolute Gasteiger partial charge is 0.354 e. The number of carbonyl (C=O) groups is 1. The van der Waals surface area contributed by atoms with Crippen molar-refractivity contribution in [1.82, 2.24) is 15.5 Å². The lowest BCUT2D eigenvalue weighted by molar-refractivity contribution is -0.122. The Labute approximate surface area is 142 Å². The van der Waals surface area contributed by atoms with Crippen LogP contribution in [-0.4, -0.2) is 50.6 Å². The van der Waals surface area contributed by atoms with E-state index in [0.29, 0.717) is 6.42 Å². The van der Waals surface area contributed by atoms with Gasteiger partial charge in [-0.3, -0.25) is 4.79 Å². The van der Waals surface area contributed by atoms with Gasteiger partial charge < -0.3 is 15.5 Å². The minimum absolute atomic E-state index is 0. The van der Waals surface area contributed by atoms with Crippen LogP contribution >= 0.6 is 24.8 Å². The molecule has 0 aromatic heterocycles. The van der Waals surface area contributed by atoms with Gasteiger partial charge in [0.05, 0.1) is 0 Å². The zero-order valence-electron chi connectivity index (χ0n) is 13.9. The molecule has 2 N–H and O–H groups in total. The van der Waals surface area contributed by atoms with E-state index in [1.807, 2.05) is 7.05 Å². The first-order valence-electron chi connectivity index (χ1n) is 7.59. The molecule has 0 radical (unpaired) electrons. The quantitative estimate of drug-likeness (QED) is 0.699. The van der Waals surface area contributed by atoms with Gasteiger partial charge in [0.25, 0.3) is 0 Å². The lowest BCUT2D eigenvalue weighted by Crippen LogP contribution is -2.55. The van der Waals surface area contributed by atoms with Crippen LogP contribution in [0.25, 0.3) is 0 Å². The third-order valence-corrected chi connectivity index (χ3v) is 4.46. The number of nitrogens with one attached hydrogen (secondary N) is 2. The van der Waals surface area contributed by atoms with Crippen LogP contribution in [0.5, 0.6) is 0 Å². The maximum Gasteiger partial charge on any atom is 0.220 e. The zero-order valence-corrected chi connectivity index (χ0v) is 15.5. The SMILES string of the molecule is CNCCCC(=O)NCC1(N(C)C)CCCC(C)C1.Cl.Cl. The molecular weight excluding hydrogens is 309 g/mol. The van der Waals surface area contributed by atoms with E-state index in [4.69, 9.17) is 0 Å². The van der Waals surface area contributed by atoms with Crippen LogP contribution in [0.15, 0.2) is 0 Å². The molecule has 6 heteroatoms. The molecule has 2 atom stereocenters. The van der Waals surface area contributed by atoms with Crippen molar-refractivity contribution in [2.24, 2.45) is 5.92 Å². The van der Waals surface area contributed by atoms with Crippen molar-refractivity contribution in [2.75, 3.05) is 34.2 Å². The molecule has 128 valence electrons. The molecule has 1 aliphatic carbocycles. The van der Waals surface area contributed by atoms with Crippen molar-refractivity contribution in [3.05, 3.63) is 0 Å². The van der Waals surface area contributed by atoms with Crippen molar-refractivity contribution in [3.8, 4) is 0 Å². The summed E-state index contributed by atoms with van der Waals surface area (Å²) >= 11 is 0. The average molecular weight is 342 g/mol. The van der Waals surface area contributed by atoms with E-state index in [1.165, 1.54) is 25.7 Å². The third kappa shape index (κ3) is 7.68. The Bertz CT molecular complexity index is 290. The Balaban J connectivity index is 0. The maximum atomic E-state index is 11.8. The number of likely N-dealkylation sites (N-methyl/N-ethyl adjacent to an activating group) is 1. The first kappa shape index (κ1) is 23.2. The minimum atomic E-state index is 0. The summed E-state index contributed by atoms with van der Waals surface area (Å²) in [5, 5.41) is 6.22. The molecule has 21 heavy (non-hydrogen) atoms. The zero-order chi connectivity index (χ0) is 14.3. The van der Waals surface area contributed by atoms with Crippen LogP contribution < -0.4 is 10.6 Å². The summed E-state index contributed by atoms with van der Waals surface area (Å²) < 4.78 is 0. The minimum Gasteiger partial charge on any atom is -0.354 e. The molecule has 1 rings (SSSR count). The second kappa shape index (κ2) is 11.5. The molecule has 1 aliphatic rings. The van der Waals surface area contributed by atoms with Crippen LogP contribution in [0.3, 0.4) is 0 Å². The van der Waals surface area contributed by atoms with Crippen LogP contribution in [0.4, 0.5) is 0 Å². The lowest BCUT2D eigenvalue weighted by Gasteiger charge is -2.45. The number of hydrogen-bond donors (Lipinski definition) is 2. The van der Waals surface area contributed by atoms with E-state index in [1.54, 1.807) is 0 Å². The molecule has 1 fully saturated rings. The van der Waals surface area contributed by atoms with Gasteiger partial charge in [-0.1, -0.05) is 19.8 Å². The van der Waals surface area contributed by atoms with Gasteiger partial charge in [-0.25, -0.2) is 0 Å². The van der Waals surface area contributed by atoms with Gasteiger partial charge in [-0.15, -0.1) is 24.8 Å². The van der Waals surface area contributed by atoms with E-state index in [9.17, 15) is 4.79 Å². The van der Waals surface area contributed by atoms with Gasteiger partial charge in [-0.2, -0.15) is 0 Å². The second-order valence-electron chi connectivity index (χ2n) is 6.30. The van der Waals surface area contributed by atoms with Crippen molar-refractivity contribution in [2.45, 2.75) is 51.0 Å². The fourth-order valence-electron chi connectivity index (χ4n) is 3.13. The fraction of sp³-hybridized carbons (Fsp3) is 0.933. The molecule has 0 bridgehead atoms. The standard InChI is InChI=1S/C15H31N3O.2ClH/c1-13-7-5-9-15(11-13,18(3)4)12-17-14(19)8-6-10-16-2;;/h13,16H,5-12H2,1-4H3,(H,17,19);2*1H. The van der Waals surface area contributed by atoms with Crippen LogP contribution in [-0.2, 0) is 4.79 Å². The summed E-state index contributed by atoms with van der Waals surface area (Å²) in [5.41, 5.74) is 0.163. The van der Waals surface area contributed by atoms with Crippen LogP contribution in [0.1, 0.15) is 45.4 Å². The number of halogens is 2. The fourth-order valence-corrected chi connectivity index (χ4v) is 3.13. The van der Waals surface area contributed by atoms with Crippen molar-refractivity contribution in [3.63, 3.8) is 0 Å². The van der Waals surface area contributed by atoms with E-state index < -0.39 is 0 Å². The molecule has 1 saturated carbocycles. The number of rotatable bonds is 7. The van der Waals surface area contributed by atoms with Crippen molar-refractivity contribution < 1.29 is 4.79 Å². The van der Waals surface area contributed by atoms with E-state index in [2.05, 4.69) is 36.6 Å². The van der Waals surface area contributed by atoms with Gasteiger partial charge in [0.1, 0.15) is 0 Å². The van der Waals surface area contributed by atoms with Crippen LogP contribution in [0.2, 0.25) is 0 Å². The summed E-state index contributed by atoms with van der Waals surface area (Å²) in [4.78, 5) is 14.2. The van der Waals surface area contributed by atoms with Gasteiger partial charge in [0.2, 0.25) is 5.91 Å². The van der Waals surface area contributed by atoms with Gasteiger partial charge in [0.15, 0.2) is 0 Å². The number of hydrogen-bond acceptors (Lipinski definition) is 3. The highest BCUT2D eigenvalue weighted by Gasteiger charge is 2.36. The first-order chi connectivity index (χ1) is 9.00. The van der Waals surface area contributed by atoms with Gasteiger partial charge in [0, 0.05) is 18.5 Å².